The third kappa shape index (κ3) is 2.04. The van der Waals surface area contributed by atoms with Crippen LogP contribution < -0.4 is 0 Å². The third-order valence-corrected chi connectivity index (χ3v) is 2.08. The topological polar surface area (TPSA) is 20.2 Å². The minimum Gasteiger partial charge on any atom is -0.396 e. The Morgan fingerprint density at radius 1 is 1.31 bits per heavy atom. The highest BCUT2D eigenvalue weighted by atomic mass is 19.1. The molecule has 0 radical (unpaired) electrons. The van der Waals surface area contributed by atoms with Crippen molar-refractivity contribution in [3.63, 3.8) is 0 Å². The van der Waals surface area contributed by atoms with E-state index in [2.05, 4.69) is 0 Å². The summed E-state index contributed by atoms with van der Waals surface area (Å²) in [4.78, 5) is 0. The smallest absolute Gasteiger partial charge is 0.127 e. The highest BCUT2D eigenvalue weighted by Crippen LogP contribution is 2.21. The lowest BCUT2D eigenvalue weighted by Gasteiger charge is -2.10. The van der Waals surface area contributed by atoms with Gasteiger partial charge in [-0.3, -0.25) is 0 Å². The molecule has 0 aliphatic heterocycles. The summed E-state index contributed by atoms with van der Waals surface area (Å²) >= 11 is 0. The van der Waals surface area contributed by atoms with Crippen LogP contribution in [0.3, 0.4) is 0 Å². The molecule has 0 unspecified atom stereocenters. The maximum atomic E-state index is 13.2. The van der Waals surface area contributed by atoms with Crippen molar-refractivity contribution in [2.75, 3.05) is 6.61 Å². The van der Waals surface area contributed by atoms with Gasteiger partial charge in [0.15, 0.2) is 0 Å². The number of benzene rings is 1. The summed E-state index contributed by atoms with van der Waals surface area (Å²) in [5, 5.41) is 8.78. The van der Waals surface area contributed by atoms with Crippen molar-refractivity contribution in [3.05, 3.63) is 34.9 Å². The molecule has 0 aliphatic carbocycles. The van der Waals surface area contributed by atoms with Gasteiger partial charge in [-0.05, 0) is 30.2 Å². The molecular formula is C10H12F2O. The Morgan fingerprint density at radius 2 is 1.92 bits per heavy atom. The van der Waals surface area contributed by atoms with Crippen molar-refractivity contribution >= 4 is 0 Å². The second kappa shape index (κ2) is 3.83. The highest BCUT2D eigenvalue weighted by Gasteiger charge is 2.12. The standard InChI is InChI=1S/C10H12F2O/c1-6-3-10(12)8(4-9(6)11)7(2)5-13/h3-4,7,13H,5H2,1-2H3/t7-/m0/s1. The Morgan fingerprint density at radius 3 is 2.46 bits per heavy atom. The zero-order chi connectivity index (χ0) is 10.0. The molecule has 72 valence electrons. The molecule has 1 aromatic carbocycles. The van der Waals surface area contributed by atoms with Gasteiger partial charge in [0.1, 0.15) is 11.6 Å². The van der Waals surface area contributed by atoms with E-state index in [4.69, 9.17) is 5.11 Å². The molecule has 0 amide bonds. The van der Waals surface area contributed by atoms with Crippen LogP contribution in [0.1, 0.15) is 24.0 Å². The van der Waals surface area contributed by atoms with Crippen LogP contribution in [-0.4, -0.2) is 11.7 Å². The Bertz CT molecular complexity index is 310. The largest absolute Gasteiger partial charge is 0.396 e. The lowest BCUT2D eigenvalue weighted by atomic mass is 10.00. The van der Waals surface area contributed by atoms with Gasteiger partial charge in [-0.25, -0.2) is 8.78 Å². The van der Waals surface area contributed by atoms with E-state index in [1.807, 2.05) is 0 Å². The van der Waals surface area contributed by atoms with E-state index in [1.165, 1.54) is 6.92 Å². The predicted molar refractivity (Wildman–Crippen MR) is 46.6 cm³/mol. The van der Waals surface area contributed by atoms with Gasteiger partial charge in [0, 0.05) is 12.5 Å². The first kappa shape index (κ1) is 10.1. The van der Waals surface area contributed by atoms with E-state index in [-0.39, 0.29) is 23.7 Å². The zero-order valence-corrected chi connectivity index (χ0v) is 7.64. The van der Waals surface area contributed by atoms with E-state index >= 15 is 0 Å². The Hall–Kier alpha value is -0.960. The lowest BCUT2D eigenvalue weighted by molar-refractivity contribution is 0.270. The molecule has 1 nitrogen and oxygen atoms in total. The Labute approximate surface area is 76.0 Å². The number of rotatable bonds is 2. The van der Waals surface area contributed by atoms with Crippen LogP contribution in [0, 0.1) is 18.6 Å². The first-order valence-corrected chi connectivity index (χ1v) is 4.12. The van der Waals surface area contributed by atoms with Gasteiger partial charge in [-0.1, -0.05) is 6.92 Å². The minimum absolute atomic E-state index is 0.181. The van der Waals surface area contributed by atoms with Crippen LogP contribution in [-0.2, 0) is 0 Å². The molecule has 1 rings (SSSR count). The van der Waals surface area contributed by atoms with E-state index in [1.54, 1.807) is 6.92 Å². The zero-order valence-electron chi connectivity index (χ0n) is 7.64. The second-order valence-corrected chi connectivity index (χ2v) is 3.21. The molecule has 0 saturated heterocycles. The van der Waals surface area contributed by atoms with Crippen molar-refractivity contribution in [3.8, 4) is 0 Å². The number of halogens is 2. The van der Waals surface area contributed by atoms with Gasteiger partial charge in [-0.15, -0.1) is 0 Å². The fraction of sp³-hybridized carbons (Fsp3) is 0.400. The van der Waals surface area contributed by atoms with Gasteiger partial charge in [0.25, 0.3) is 0 Å². The van der Waals surface area contributed by atoms with Gasteiger partial charge >= 0.3 is 0 Å². The monoisotopic (exact) mass is 186 g/mol. The summed E-state index contributed by atoms with van der Waals surface area (Å²) in [5.41, 5.74) is 0.511. The summed E-state index contributed by atoms with van der Waals surface area (Å²) in [7, 11) is 0. The fourth-order valence-corrected chi connectivity index (χ4v) is 1.14. The van der Waals surface area contributed by atoms with Crippen LogP contribution in [0.2, 0.25) is 0 Å². The third-order valence-electron chi connectivity index (χ3n) is 2.08. The van der Waals surface area contributed by atoms with E-state index < -0.39 is 11.6 Å². The first-order chi connectivity index (χ1) is 6.06. The second-order valence-electron chi connectivity index (χ2n) is 3.21. The van der Waals surface area contributed by atoms with Gasteiger partial charge in [0.05, 0.1) is 0 Å². The average molecular weight is 186 g/mol. The maximum Gasteiger partial charge on any atom is 0.127 e. The molecule has 13 heavy (non-hydrogen) atoms. The van der Waals surface area contributed by atoms with E-state index in [0.717, 1.165) is 12.1 Å². The molecule has 0 spiro atoms. The fourth-order valence-electron chi connectivity index (χ4n) is 1.14. The van der Waals surface area contributed by atoms with Crippen LogP contribution in [0.4, 0.5) is 8.78 Å². The lowest BCUT2D eigenvalue weighted by Crippen LogP contribution is -2.03. The molecule has 1 atom stereocenters. The van der Waals surface area contributed by atoms with Crippen molar-refractivity contribution in [1.29, 1.82) is 0 Å². The van der Waals surface area contributed by atoms with Crippen molar-refractivity contribution < 1.29 is 13.9 Å². The quantitative estimate of drug-likeness (QED) is 0.751. The molecule has 0 aromatic heterocycles. The van der Waals surface area contributed by atoms with Crippen LogP contribution in [0.25, 0.3) is 0 Å². The molecule has 1 aromatic rings. The summed E-state index contributed by atoms with van der Waals surface area (Å²) in [6.45, 7) is 2.97. The van der Waals surface area contributed by atoms with Gasteiger partial charge in [-0.2, -0.15) is 0 Å². The normalized spacial score (nSPS) is 13.0. The first-order valence-electron chi connectivity index (χ1n) is 4.12. The molecule has 1 N–H and O–H groups in total. The minimum atomic E-state index is -0.458. The molecule has 0 saturated carbocycles. The number of aliphatic hydroxyl groups is 1. The number of aryl methyl sites for hydroxylation is 1. The van der Waals surface area contributed by atoms with Gasteiger partial charge < -0.3 is 5.11 Å². The van der Waals surface area contributed by atoms with E-state index in [9.17, 15) is 8.78 Å². The highest BCUT2D eigenvalue weighted by molar-refractivity contribution is 5.27. The summed E-state index contributed by atoms with van der Waals surface area (Å²) < 4.78 is 26.2. The van der Waals surface area contributed by atoms with Crippen molar-refractivity contribution in [1.82, 2.24) is 0 Å². The van der Waals surface area contributed by atoms with Crippen LogP contribution in [0.15, 0.2) is 12.1 Å². The Kier molecular flexibility index (Phi) is 2.98. The van der Waals surface area contributed by atoms with Crippen LogP contribution >= 0.6 is 0 Å². The Balaban J connectivity index is 3.15. The summed E-state index contributed by atoms with van der Waals surface area (Å²) in [6.07, 6.45) is 0. The van der Waals surface area contributed by atoms with Crippen molar-refractivity contribution in [2.24, 2.45) is 0 Å². The number of hydrogen-bond donors (Lipinski definition) is 1. The van der Waals surface area contributed by atoms with Gasteiger partial charge in [0.2, 0.25) is 0 Å². The van der Waals surface area contributed by atoms with Crippen molar-refractivity contribution in [2.45, 2.75) is 19.8 Å². The number of hydrogen-bond acceptors (Lipinski definition) is 1. The molecule has 0 aliphatic rings. The SMILES string of the molecule is Cc1cc(F)c([C@@H](C)CO)cc1F. The van der Waals surface area contributed by atoms with E-state index in [0.29, 0.717) is 0 Å². The molecule has 0 fully saturated rings. The number of aliphatic hydroxyl groups excluding tert-OH is 1. The maximum absolute atomic E-state index is 13.2. The molecule has 0 heterocycles. The average Bonchev–Trinajstić information content (AvgIpc) is 2.10. The molecule has 3 heteroatoms. The van der Waals surface area contributed by atoms with Crippen LogP contribution in [0.5, 0.6) is 0 Å². The summed E-state index contributed by atoms with van der Waals surface area (Å²) in [6, 6.07) is 2.29. The summed E-state index contributed by atoms with van der Waals surface area (Å²) in [5.74, 6) is -1.26. The molecular weight excluding hydrogens is 174 g/mol. The molecule has 0 bridgehead atoms. The predicted octanol–water partition coefficient (Wildman–Crippen LogP) is 2.37.